The summed E-state index contributed by atoms with van der Waals surface area (Å²) in [5, 5.41) is -0.145. The van der Waals surface area contributed by atoms with Crippen molar-refractivity contribution in [3.8, 4) is 0 Å². The van der Waals surface area contributed by atoms with Gasteiger partial charge in [-0.1, -0.05) is 24.6 Å². The van der Waals surface area contributed by atoms with E-state index in [4.69, 9.17) is 4.42 Å². The minimum atomic E-state index is -3.67. The third kappa shape index (κ3) is 3.05. The Balaban J connectivity index is 1.60. The van der Waals surface area contributed by atoms with Gasteiger partial charge in [-0.05, 0) is 49.4 Å². The molecule has 1 fully saturated rings. The fraction of sp³-hybridized carbons (Fsp3) is 0.421. The van der Waals surface area contributed by atoms with Gasteiger partial charge in [-0.3, -0.25) is 4.79 Å². The summed E-state index contributed by atoms with van der Waals surface area (Å²) in [6.07, 6.45) is 4.57. The molecule has 0 aliphatic carbocycles. The van der Waals surface area contributed by atoms with Crippen molar-refractivity contribution in [3.63, 3.8) is 0 Å². The van der Waals surface area contributed by atoms with Gasteiger partial charge in [0.1, 0.15) is 0 Å². The molecule has 1 saturated heterocycles. The summed E-state index contributed by atoms with van der Waals surface area (Å²) in [5.74, 6) is -0.227. The second-order valence-corrected chi connectivity index (χ2v) is 8.64. The summed E-state index contributed by atoms with van der Waals surface area (Å²) in [6, 6.07) is 10.7. The van der Waals surface area contributed by atoms with Crippen molar-refractivity contribution in [1.82, 2.24) is 4.31 Å². The molecular weight excluding hydrogens is 352 g/mol. The van der Waals surface area contributed by atoms with Crippen LogP contribution in [0.3, 0.4) is 0 Å². The van der Waals surface area contributed by atoms with E-state index in [0.717, 1.165) is 43.4 Å². The zero-order valence-electron chi connectivity index (χ0n) is 14.6. The summed E-state index contributed by atoms with van der Waals surface area (Å²) in [5.41, 5.74) is 2.00. The van der Waals surface area contributed by atoms with Gasteiger partial charge in [0, 0.05) is 25.3 Å². The largest absolute Gasteiger partial charge is 0.438 e. The summed E-state index contributed by atoms with van der Waals surface area (Å²) < 4.78 is 32.4. The highest BCUT2D eigenvalue weighted by molar-refractivity contribution is 7.89. The van der Waals surface area contributed by atoms with Crippen molar-refractivity contribution in [2.75, 3.05) is 24.5 Å². The molecule has 2 aliphatic heterocycles. The van der Waals surface area contributed by atoms with Gasteiger partial charge in [0.2, 0.25) is 5.09 Å². The smallest absolute Gasteiger partial charge is 0.294 e. The molecule has 6 nitrogen and oxygen atoms in total. The molecule has 2 aromatic rings. The Bertz CT molecular complexity index is 913. The quantitative estimate of drug-likeness (QED) is 0.828. The van der Waals surface area contributed by atoms with Gasteiger partial charge < -0.3 is 9.32 Å². The average Bonchev–Trinajstić information content (AvgIpc) is 3.19. The first-order chi connectivity index (χ1) is 12.6. The van der Waals surface area contributed by atoms with Crippen molar-refractivity contribution >= 4 is 21.6 Å². The van der Waals surface area contributed by atoms with Crippen molar-refractivity contribution in [2.45, 2.75) is 37.2 Å². The van der Waals surface area contributed by atoms with Crippen LogP contribution in [-0.4, -0.2) is 38.3 Å². The van der Waals surface area contributed by atoms with Gasteiger partial charge in [0.25, 0.3) is 15.9 Å². The van der Waals surface area contributed by atoms with Gasteiger partial charge in [0.15, 0.2) is 5.76 Å². The number of rotatable bonds is 3. The Morgan fingerprint density at radius 3 is 2.50 bits per heavy atom. The van der Waals surface area contributed by atoms with Crippen LogP contribution in [0.15, 0.2) is 45.9 Å². The van der Waals surface area contributed by atoms with E-state index in [1.807, 2.05) is 24.3 Å². The molecule has 1 aromatic carbocycles. The number of amides is 1. The monoisotopic (exact) mass is 374 g/mol. The van der Waals surface area contributed by atoms with Crippen molar-refractivity contribution < 1.29 is 17.6 Å². The molecule has 1 amide bonds. The number of sulfonamides is 1. The Labute approximate surface area is 153 Å². The first-order valence-electron chi connectivity index (χ1n) is 9.07. The van der Waals surface area contributed by atoms with Crippen LogP contribution in [0, 0.1) is 0 Å². The van der Waals surface area contributed by atoms with E-state index >= 15 is 0 Å². The standard InChI is InChI=1S/C19H22N2O4S/c22-19(21-14-6-8-15-7-2-3-9-16(15)21)17-10-11-18(25-17)26(23,24)20-12-4-1-5-13-20/h2-3,7,9-11H,1,4-6,8,12-14H2. The van der Waals surface area contributed by atoms with Crippen molar-refractivity contribution in [3.05, 3.63) is 47.7 Å². The number of fused-ring (bicyclic) bond motifs is 1. The maximum Gasteiger partial charge on any atom is 0.294 e. The fourth-order valence-electron chi connectivity index (χ4n) is 3.68. The summed E-state index contributed by atoms with van der Waals surface area (Å²) >= 11 is 0. The van der Waals surface area contributed by atoms with Gasteiger partial charge in [-0.15, -0.1) is 0 Å². The molecular formula is C19H22N2O4S. The van der Waals surface area contributed by atoms with Gasteiger partial charge in [0.05, 0.1) is 0 Å². The highest BCUT2D eigenvalue weighted by Gasteiger charge is 2.31. The molecule has 0 unspecified atom stereocenters. The molecule has 4 rings (SSSR count). The molecule has 2 aliphatic rings. The third-order valence-electron chi connectivity index (χ3n) is 5.06. The Morgan fingerprint density at radius 2 is 1.69 bits per heavy atom. The lowest BCUT2D eigenvalue weighted by Gasteiger charge is -2.28. The van der Waals surface area contributed by atoms with Crippen molar-refractivity contribution in [1.29, 1.82) is 0 Å². The lowest BCUT2D eigenvalue weighted by Crippen LogP contribution is -2.36. The Kier molecular flexibility index (Phi) is 4.58. The van der Waals surface area contributed by atoms with E-state index in [-0.39, 0.29) is 16.8 Å². The van der Waals surface area contributed by atoms with E-state index in [0.29, 0.717) is 19.6 Å². The molecule has 0 saturated carbocycles. The van der Waals surface area contributed by atoms with E-state index in [9.17, 15) is 13.2 Å². The fourth-order valence-corrected chi connectivity index (χ4v) is 5.11. The summed E-state index contributed by atoms with van der Waals surface area (Å²) in [6.45, 7) is 1.61. The van der Waals surface area contributed by atoms with Gasteiger partial charge in [-0.2, -0.15) is 4.31 Å². The Morgan fingerprint density at radius 1 is 0.923 bits per heavy atom. The molecule has 0 N–H and O–H groups in total. The first kappa shape index (κ1) is 17.3. The van der Waals surface area contributed by atoms with Crippen LogP contribution in [0.1, 0.15) is 41.8 Å². The number of furan rings is 1. The lowest BCUT2D eigenvalue weighted by molar-refractivity contribution is 0.0953. The van der Waals surface area contributed by atoms with Crippen LogP contribution >= 0.6 is 0 Å². The molecule has 3 heterocycles. The lowest BCUT2D eigenvalue weighted by atomic mass is 10.0. The van der Waals surface area contributed by atoms with E-state index in [1.165, 1.54) is 16.4 Å². The minimum absolute atomic E-state index is 0.0669. The van der Waals surface area contributed by atoms with Crippen LogP contribution in [0.4, 0.5) is 5.69 Å². The second kappa shape index (κ2) is 6.89. The highest BCUT2D eigenvalue weighted by Crippen LogP contribution is 2.29. The van der Waals surface area contributed by atoms with E-state index in [2.05, 4.69) is 0 Å². The van der Waals surface area contributed by atoms with Gasteiger partial charge >= 0.3 is 0 Å². The van der Waals surface area contributed by atoms with Crippen molar-refractivity contribution in [2.24, 2.45) is 0 Å². The average molecular weight is 374 g/mol. The van der Waals surface area contributed by atoms with Crippen LogP contribution in [0.25, 0.3) is 0 Å². The minimum Gasteiger partial charge on any atom is -0.438 e. The molecule has 26 heavy (non-hydrogen) atoms. The first-order valence-corrected chi connectivity index (χ1v) is 10.5. The van der Waals surface area contributed by atoms with E-state index in [1.54, 1.807) is 4.90 Å². The third-order valence-corrected chi connectivity index (χ3v) is 6.83. The summed E-state index contributed by atoms with van der Waals surface area (Å²) in [7, 11) is -3.67. The number of para-hydroxylation sites is 1. The second-order valence-electron chi connectivity index (χ2n) is 6.77. The number of carbonyl (C=O) groups excluding carboxylic acids is 1. The molecule has 0 radical (unpaired) electrons. The van der Waals surface area contributed by atoms with Gasteiger partial charge in [-0.25, -0.2) is 8.42 Å². The Hall–Kier alpha value is -2.12. The van der Waals surface area contributed by atoms with Crippen LogP contribution in [0.5, 0.6) is 0 Å². The molecule has 0 bridgehead atoms. The van der Waals surface area contributed by atoms with Crippen LogP contribution in [-0.2, 0) is 16.4 Å². The molecule has 0 atom stereocenters. The predicted octanol–water partition coefficient (Wildman–Crippen LogP) is 3.05. The number of carbonyl (C=O) groups is 1. The van der Waals surface area contributed by atoms with Crippen LogP contribution < -0.4 is 4.90 Å². The molecule has 1 aromatic heterocycles. The van der Waals surface area contributed by atoms with Crippen LogP contribution in [0.2, 0.25) is 0 Å². The highest BCUT2D eigenvalue weighted by atomic mass is 32.2. The molecule has 7 heteroatoms. The number of hydrogen-bond acceptors (Lipinski definition) is 4. The summed E-state index contributed by atoms with van der Waals surface area (Å²) in [4.78, 5) is 14.6. The number of anilines is 1. The number of piperidine rings is 1. The molecule has 138 valence electrons. The topological polar surface area (TPSA) is 70.8 Å². The maximum absolute atomic E-state index is 12.9. The number of hydrogen-bond donors (Lipinski definition) is 0. The zero-order chi connectivity index (χ0) is 18.1. The molecule has 0 spiro atoms. The maximum atomic E-state index is 12.9. The number of aryl methyl sites for hydroxylation is 1. The predicted molar refractivity (Wildman–Crippen MR) is 97.8 cm³/mol. The number of benzene rings is 1. The SMILES string of the molecule is O=C(c1ccc(S(=O)(=O)N2CCCCC2)o1)N1CCCc2ccccc21. The van der Waals surface area contributed by atoms with E-state index < -0.39 is 10.0 Å². The number of nitrogens with zero attached hydrogens (tertiary/aromatic N) is 2. The normalized spacial score (nSPS) is 18.5. The zero-order valence-corrected chi connectivity index (χ0v) is 15.4.